The van der Waals surface area contributed by atoms with E-state index in [4.69, 9.17) is 14.2 Å². The number of halogens is 1. The molecule has 10 heteroatoms. The van der Waals surface area contributed by atoms with E-state index < -0.39 is 15.8 Å². The van der Waals surface area contributed by atoms with E-state index in [1.807, 2.05) is 0 Å². The molecule has 1 aromatic heterocycles. The highest BCUT2D eigenvalue weighted by Crippen LogP contribution is 2.26. The minimum atomic E-state index is -3.78. The predicted molar refractivity (Wildman–Crippen MR) is 93.9 cm³/mol. The molecule has 1 saturated heterocycles. The molecule has 1 aliphatic rings. The van der Waals surface area contributed by atoms with Gasteiger partial charge in [0.2, 0.25) is 15.9 Å². The first kappa shape index (κ1) is 19.3. The number of ether oxygens (including phenoxy) is 3. The van der Waals surface area contributed by atoms with Crippen LogP contribution in [0.1, 0.15) is 12.8 Å². The van der Waals surface area contributed by atoms with Crippen LogP contribution >= 0.6 is 0 Å². The van der Waals surface area contributed by atoms with Crippen LogP contribution in [0.5, 0.6) is 17.6 Å². The van der Waals surface area contributed by atoms with Gasteiger partial charge in [-0.1, -0.05) is 0 Å². The summed E-state index contributed by atoms with van der Waals surface area (Å²) in [5.41, 5.74) is 0. The van der Waals surface area contributed by atoms with Crippen LogP contribution in [-0.4, -0.2) is 56.1 Å². The van der Waals surface area contributed by atoms with E-state index in [1.54, 1.807) is 6.07 Å². The second kappa shape index (κ2) is 8.05. The summed E-state index contributed by atoms with van der Waals surface area (Å²) in [6.07, 6.45) is 2.33. The van der Waals surface area contributed by atoms with Crippen LogP contribution in [0.3, 0.4) is 0 Å². The number of hydrogen-bond acceptors (Lipinski definition) is 7. The first-order valence-corrected chi connectivity index (χ1v) is 9.75. The van der Waals surface area contributed by atoms with Crippen molar-refractivity contribution < 1.29 is 27.0 Å². The number of sulfonamides is 1. The Balaban J connectivity index is 1.64. The van der Waals surface area contributed by atoms with Gasteiger partial charge < -0.3 is 14.2 Å². The first-order chi connectivity index (χ1) is 12.9. The molecule has 2 heterocycles. The van der Waals surface area contributed by atoms with Crippen LogP contribution < -0.4 is 14.2 Å². The highest BCUT2D eigenvalue weighted by atomic mass is 32.2. The van der Waals surface area contributed by atoms with Crippen molar-refractivity contribution >= 4 is 10.0 Å². The fraction of sp³-hybridized carbons (Fsp3) is 0.412. The van der Waals surface area contributed by atoms with E-state index in [0.29, 0.717) is 18.7 Å². The van der Waals surface area contributed by atoms with Gasteiger partial charge in [0.15, 0.2) is 11.6 Å². The van der Waals surface area contributed by atoms with Crippen LogP contribution in [0.15, 0.2) is 35.4 Å². The average molecular weight is 397 g/mol. The van der Waals surface area contributed by atoms with E-state index in [-0.39, 0.29) is 35.8 Å². The molecule has 0 saturated carbocycles. The third-order valence-electron chi connectivity index (χ3n) is 4.24. The van der Waals surface area contributed by atoms with Crippen molar-refractivity contribution in [3.63, 3.8) is 0 Å². The number of piperidine rings is 1. The number of methoxy groups -OCH3 is 2. The van der Waals surface area contributed by atoms with Crippen molar-refractivity contribution in [3.05, 3.63) is 36.3 Å². The van der Waals surface area contributed by atoms with Crippen molar-refractivity contribution in [2.45, 2.75) is 23.8 Å². The highest BCUT2D eigenvalue weighted by Gasteiger charge is 2.31. The lowest BCUT2D eigenvalue weighted by Crippen LogP contribution is -2.41. The molecule has 2 aromatic rings. The van der Waals surface area contributed by atoms with Gasteiger partial charge in [0.1, 0.15) is 6.10 Å². The first-order valence-electron chi connectivity index (χ1n) is 8.31. The summed E-state index contributed by atoms with van der Waals surface area (Å²) >= 11 is 0. The summed E-state index contributed by atoms with van der Waals surface area (Å²) < 4.78 is 56.2. The van der Waals surface area contributed by atoms with Gasteiger partial charge in [-0.15, -0.1) is 0 Å². The van der Waals surface area contributed by atoms with Crippen molar-refractivity contribution in [1.29, 1.82) is 0 Å². The molecule has 0 radical (unpaired) electrons. The lowest BCUT2D eigenvalue weighted by molar-refractivity contribution is 0.128. The van der Waals surface area contributed by atoms with Crippen LogP contribution in [0.4, 0.5) is 4.39 Å². The second-order valence-corrected chi connectivity index (χ2v) is 7.84. The van der Waals surface area contributed by atoms with Gasteiger partial charge in [-0.25, -0.2) is 17.8 Å². The lowest BCUT2D eigenvalue weighted by atomic mass is 10.1. The van der Waals surface area contributed by atoms with Crippen LogP contribution in [0, 0.1) is 5.82 Å². The number of rotatable bonds is 6. The Morgan fingerprint density at radius 3 is 2.52 bits per heavy atom. The summed E-state index contributed by atoms with van der Waals surface area (Å²) in [4.78, 5) is 7.90. The van der Waals surface area contributed by atoms with E-state index in [2.05, 4.69) is 9.97 Å². The predicted octanol–water partition coefficient (Wildman–Crippen LogP) is 1.86. The van der Waals surface area contributed by atoms with Gasteiger partial charge >= 0.3 is 6.01 Å². The summed E-state index contributed by atoms with van der Waals surface area (Å²) in [6.45, 7) is 0.533. The number of benzene rings is 1. The Hall–Kier alpha value is -2.46. The topological polar surface area (TPSA) is 90.9 Å². The zero-order valence-corrected chi connectivity index (χ0v) is 15.8. The Morgan fingerprint density at radius 2 is 1.89 bits per heavy atom. The fourth-order valence-electron chi connectivity index (χ4n) is 2.81. The molecule has 146 valence electrons. The molecule has 0 atom stereocenters. The van der Waals surface area contributed by atoms with E-state index >= 15 is 0 Å². The van der Waals surface area contributed by atoms with Gasteiger partial charge in [0.05, 0.1) is 19.1 Å². The fourth-order valence-corrected chi connectivity index (χ4v) is 4.29. The summed E-state index contributed by atoms with van der Waals surface area (Å²) in [5, 5.41) is 0. The number of nitrogens with zero attached hydrogens (tertiary/aromatic N) is 3. The van der Waals surface area contributed by atoms with Crippen LogP contribution in [-0.2, 0) is 10.0 Å². The number of hydrogen-bond donors (Lipinski definition) is 0. The van der Waals surface area contributed by atoms with E-state index in [0.717, 1.165) is 6.07 Å². The molecule has 0 unspecified atom stereocenters. The molecule has 0 amide bonds. The maximum atomic E-state index is 13.9. The zero-order valence-electron chi connectivity index (χ0n) is 15.0. The Kier molecular flexibility index (Phi) is 5.76. The molecule has 1 aromatic carbocycles. The van der Waals surface area contributed by atoms with Gasteiger partial charge in [0, 0.05) is 25.4 Å². The minimum absolute atomic E-state index is 0.00124. The van der Waals surface area contributed by atoms with Crippen LogP contribution in [0.2, 0.25) is 0 Å². The van der Waals surface area contributed by atoms with E-state index in [9.17, 15) is 12.8 Å². The maximum Gasteiger partial charge on any atom is 0.319 e. The smallest absolute Gasteiger partial charge is 0.319 e. The quantitative estimate of drug-likeness (QED) is 0.735. The van der Waals surface area contributed by atoms with Crippen molar-refractivity contribution in [3.8, 4) is 17.6 Å². The number of aromatic nitrogens is 2. The molecule has 0 bridgehead atoms. The van der Waals surface area contributed by atoms with Crippen molar-refractivity contribution in [2.24, 2.45) is 0 Å². The van der Waals surface area contributed by atoms with Crippen LogP contribution in [0.25, 0.3) is 0 Å². The van der Waals surface area contributed by atoms with Gasteiger partial charge in [0.25, 0.3) is 0 Å². The minimum Gasteiger partial charge on any atom is -0.494 e. The highest BCUT2D eigenvalue weighted by molar-refractivity contribution is 7.89. The molecular formula is C17H20FN3O5S. The zero-order chi connectivity index (χ0) is 19.4. The summed E-state index contributed by atoms with van der Waals surface area (Å²) in [7, 11) is -0.993. The normalized spacial score (nSPS) is 16.1. The van der Waals surface area contributed by atoms with Gasteiger partial charge in [-0.05, 0) is 31.0 Å². The summed E-state index contributed by atoms with van der Waals surface area (Å²) in [5.74, 6) is -0.337. The third-order valence-corrected chi connectivity index (χ3v) is 6.13. The standard InChI is InChI=1S/C17H20FN3O5S/c1-24-15-4-3-13(11-14(15)18)27(22,23)21-9-6-12(7-10-21)26-16-5-8-19-17(20-16)25-2/h3-5,8,11-12H,6-7,9-10H2,1-2H3. The maximum absolute atomic E-state index is 13.9. The molecular weight excluding hydrogens is 377 g/mol. The molecule has 27 heavy (non-hydrogen) atoms. The summed E-state index contributed by atoms with van der Waals surface area (Å²) in [6, 6.07) is 5.44. The molecule has 8 nitrogen and oxygen atoms in total. The molecule has 1 aliphatic heterocycles. The second-order valence-electron chi connectivity index (χ2n) is 5.90. The Bertz CT molecular complexity index is 901. The Labute approximate surface area is 157 Å². The SMILES string of the molecule is COc1nccc(OC2CCN(S(=O)(=O)c3ccc(OC)c(F)c3)CC2)n1. The van der Waals surface area contributed by atoms with Crippen molar-refractivity contribution in [2.75, 3.05) is 27.3 Å². The van der Waals surface area contributed by atoms with E-state index in [1.165, 1.54) is 36.9 Å². The largest absolute Gasteiger partial charge is 0.494 e. The molecule has 0 aliphatic carbocycles. The Morgan fingerprint density at radius 1 is 1.15 bits per heavy atom. The molecule has 3 rings (SSSR count). The third kappa shape index (κ3) is 4.28. The van der Waals surface area contributed by atoms with Gasteiger partial charge in [-0.3, -0.25) is 0 Å². The molecule has 1 fully saturated rings. The lowest BCUT2D eigenvalue weighted by Gasteiger charge is -2.31. The van der Waals surface area contributed by atoms with Gasteiger partial charge in [-0.2, -0.15) is 9.29 Å². The molecule has 0 N–H and O–H groups in total. The van der Waals surface area contributed by atoms with Crippen molar-refractivity contribution in [1.82, 2.24) is 14.3 Å². The average Bonchev–Trinajstić information content (AvgIpc) is 2.68. The molecule has 0 spiro atoms. The monoisotopic (exact) mass is 397 g/mol.